The molecule has 0 atom stereocenters. The number of amides is 1. The number of benzene rings is 2. The van der Waals surface area contributed by atoms with Crippen molar-refractivity contribution in [3.05, 3.63) is 77.9 Å². The quantitative estimate of drug-likeness (QED) is 0.667. The standard InChI is InChI=1S/C20H18N4O2/c1-2-11-26-19-9-7-16(8-10-19)20(25)22-12-17-5-3-4-6-18(17)13-24-15-21-14-23-24/h1,3-10,14-15H,11-13H2,(H,22,25). The summed E-state index contributed by atoms with van der Waals surface area (Å²) in [5.41, 5.74) is 2.67. The minimum atomic E-state index is -0.149. The predicted octanol–water partition coefficient (Wildman–Crippen LogP) is 2.27. The number of nitrogens with one attached hydrogen (secondary N) is 1. The number of aromatic nitrogens is 3. The smallest absolute Gasteiger partial charge is 0.251 e. The van der Waals surface area contributed by atoms with Gasteiger partial charge in [-0.05, 0) is 35.4 Å². The molecule has 0 fully saturated rings. The van der Waals surface area contributed by atoms with E-state index in [-0.39, 0.29) is 12.5 Å². The molecule has 6 heteroatoms. The van der Waals surface area contributed by atoms with E-state index in [1.165, 1.54) is 6.33 Å². The Morgan fingerprint density at radius 1 is 1.15 bits per heavy atom. The highest BCUT2D eigenvalue weighted by atomic mass is 16.5. The Morgan fingerprint density at radius 2 is 1.92 bits per heavy atom. The van der Waals surface area contributed by atoms with Crippen LogP contribution in [0.5, 0.6) is 5.75 Å². The number of carbonyl (C=O) groups excluding carboxylic acids is 1. The largest absolute Gasteiger partial charge is 0.481 e. The summed E-state index contributed by atoms with van der Waals surface area (Å²) in [7, 11) is 0. The van der Waals surface area contributed by atoms with Crippen molar-refractivity contribution < 1.29 is 9.53 Å². The Kier molecular flexibility index (Phi) is 5.63. The lowest BCUT2D eigenvalue weighted by molar-refractivity contribution is 0.0951. The van der Waals surface area contributed by atoms with Crippen LogP contribution in [0.1, 0.15) is 21.5 Å². The first-order chi connectivity index (χ1) is 12.8. The summed E-state index contributed by atoms with van der Waals surface area (Å²) in [6.07, 6.45) is 8.32. The van der Waals surface area contributed by atoms with Gasteiger partial charge in [0.15, 0.2) is 0 Å². The summed E-state index contributed by atoms with van der Waals surface area (Å²) >= 11 is 0. The molecule has 130 valence electrons. The van der Waals surface area contributed by atoms with Gasteiger partial charge in [0.2, 0.25) is 0 Å². The molecule has 3 aromatic rings. The molecule has 0 spiro atoms. The molecule has 3 rings (SSSR count). The molecular formula is C20H18N4O2. The molecule has 1 amide bonds. The van der Waals surface area contributed by atoms with E-state index in [1.54, 1.807) is 35.3 Å². The summed E-state index contributed by atoms with van der Waals surface area (Å²) in [5, 5.41) is 7.06. The fraction of sp³-hybridized carbons (Fsp3) is 0.150. The maximum absolute atomic E-state index is 12.4. The fourth-order valence-electron chi connectivity index (χ4n) is 2.48. The van der Waals surface area contributed by atoms with Crippen LogP contribution in [0.15, 0.2) is 61.2 Å². The van der Waals surface area contributed by atoms with Crippen molar-refractivity contribution in [3.63, 3.8) is 0 Å². The lowest BCUT2D eigenvalue weighted by Gasteiger charge is -2.11. The van der Waals surface area contributed by atoms with Crippen LogP contribution in [0, 0.1) is 12.3 Å². The van der Waals surface area contributed by atoms with E-state index in [9.17, 15) is 4.79 Å². The molecule has 1 aromatic heterocycles. The van der Waals surface area contributed by atoms with Crippen molar-refractivity contribution in [1.29, 1.82) is 0 Å². The number of rotatable bonds is 7. The van der Waals surface area contributed by atoms with Crippen molar-refractivity contribution in [2.24, 2.45) is 0 Å². The first-order valence-corrected chi connectivity index (χ1v) is 8.10. The predicted molar refractivity (Wildman–Crippen MR) is 97.5 cm³/mol. The van der Waals surface area contributed by atoms with E-state index in [0.29, 0.717) is 24.4 Å². The Hall–Kier alpha value is -3.59. The van der Waals surface area contributed by atoms with Crippen LogP contribution in [0.3, 0.4) is 0 Å². The van der Waals surface area contributed by atoms with E-state index < -0.39 is 0 Å². The lowest BCUT2D eigenvalue weighted by Crippen LogP contribution is -2.23. The van der Waals surface area contributed by atoms with Crippen LogP contribution >= 0.6 is 0 Å². The molecule has 0 bridgehead atoms. The lowest BCUT2D eigenvalue weighted by atomic mass is 10.1. The second kappa shape index (κ2) is 8.49. The van der Waals surface area contributed by atoms with E-state index in [1.807, 2.05) is 24.3 Å². The first kappa shape index (κ1) is 17.2. The summed E-state index contributed by atoms with van der Waals surface area (Å²) in [4.78, 5) is 16.3. The average molecular weight is 346 g/mol. The van der Waals surface area contributed by atoms with Gasteiger partial charge in [-0.25, -0.2) is 9.67 Å². The van der Waals surface area contributed by atoms with Crippen LogP contribution in [-0.2, 0) is 13.1 Å². The van der Waals surface area contributed by atoms with Gasteiger partial charge in [-0.2, -0.15) is 5.10 Å². The van der Waals surface area contributed by atoms with Crippen LogP contribution in [0.2, 0.25) is 0 Å². The monoisotopic (exact) mass is 346 g/mol. The Bertz CT molecular complexity index is 896. The van der Waals surface area contributed by atoms with E-state index >= 15 is 0 Å². The minimum absolute atomic E-state index is 0.149. The minimum Gasteiger partial charge on any atom is -0.481 e. The summed E-state index contributed by atoms with van der Waals surface area (Å²) in [6, 6.07) is 14.8. The molecule has 0 aliphatic heterocycles. The van der Waals surface area contributed by atoms with Crippen LogP contribution in [0.4, 0.5) is 0 Å². The molecule has 1 N–H and O–H groups in total. The fourth-order valence-corrected chi connectivity index (χ4v) is 2.48. The van der Waals surface area contributed by atoms with Crippen molar-refractivity contribution in [2.75, 3.05) is 6.61 Å². The van der Waals surface area contributed by atoms with Gasteiger partial charge >= 0.3 is 0 Å². The first-order valence-electron chi connectivity index (χ1n) is 8.10. The molecule has 0 unspecified atom stereocenters. The third-order valence-corrected chi connectivity index (χ3v) is 3.80. The molecule has 0 radical (unpaired) electrons. The maximum atomic E-state index is 12.4. The van der Waals surface area contributed by atoms with Crippen LogP contribution in [-0.4, -0.2) is 27.3 Å². The van der Waals surface area contributed by atoms with E-state index in [4.69, 9.17) is 11.2 Å². The summed E-state index contributed by atoms with van der Waals surface area (Å²) in [5.74, 6) is 2.89. The van der Waals surface area contributed by atoms with Gasteiger partial charge in [0.25, 0.3) is 5.91 Å². The van der Waals surface area contributed by atoms with Crippen molar-refractivity contribution in [3.8, 4) is 18.1 Å². The number of ether oxygens (including phenoxy) is 1. The molecule has 0 saturated carbocycles. The number of hydrogen-bond acceptors (Lipinski definition) is 4. The summed E-state index contributed by atoms with van der Waals surface area (Å²) < 4.78 is 7.05. The topological polar surface area (TPSA) is 69.0 Å². The molecule has 0 aliphatic rings. The number of hydrogen-bond donors (Lipinski definition) is 1. The Balaban J connectivity index is 1.62. The van der Waals surface area contributed by atoms with Gasteiger partial charge in [-0.1, -0.05) is 30.2 Å². The van der Waals surface area contributed by atoms with Crippen molar-refractivity contribution in [2.45, 2.75) is 13.1 Å². The second-order valence-corrected chi connectivity index (χ2v) is 5.56. The van der Waals surface area contributed by atoms with Crippen LogP contribution < -0.4 is 10.1 Å². The van der Waals surface area contributed by atoms with Crippen LogP contribution in [0.25, 0.3) is 0 Å². The average Bonchev–Trinajstić information content (AvgIpc) is 3.19. The van der Waals surface area contributed by atoms with Gasteiger partial charge in [0.1, 0.15) is 25.0 Å². The molecular weight excluding hydrogens is 328 g/mol. The van der Waals surface area contributed by atoms with Crippen molar-refractivity contribution >= 4 is 5.91 Å². The highest BCUT2D eigenvalue weighted by Crippen LogP contribution is 2.13. The molecule has 6 nitrogen and oxygen atoms in total. The van der Waals surface area contributed by atoms with Gasteiger partial charge in [-0.3, -0.25) is 4.79 Å². The SMILES string of the molecule is C#CCOc1ccc(C(=O)NCc2ccccc2Cn2cncn2)cc1. The zero-order valence-corrected chi connectivity index (χ0v) is 14.1. The molecule has 0 aliphatic carbocycles. The Morgan fingerprint density at radius 3 is 2.62 bits per heavy atom. The molecule has 0 saturated heterocycles. The third-order valence-electron chi connectivity index (χ3n) is 3.80. The van der Waals surface area contributed by atoms with Gasteiger partial charge in [-0.15, -0.1) is 6.42 Å². The normalized spacial score (nSPS) is 10.1. The zero-order valence-electron chi connectivity index (χ0n) is 14.1. The van der Waals surface area contributed by atoms with E-state index in [2.05, 4.69) is 21.3 Å². The zero-order chi connectivity index (χ0) is 18.2. The highest BCUT2D eigenvalue weighted by Gasteiger charge is 2.08. The third kappa shape index (κ3) is 4.48. The van der Waals surface area contributed by atoms with E-state index in [0.717, 1.165) is 11.1 Å². The second-order valence-electron chi connectivity index (χ2n) is 5.56. The Labute approximate surface area is 151 Å². The van der Waals surface area contributed by atoms with Gasteiger partial charge in [0.05, 0.1) is 6.54 Å². The number of terminal acetylenes is 1. The molecule has 26 heavy (non-hydrogen) atoms. The number of nitrogens with zero attached hydrogens (tertiary/aromatic N) is 3. The molecule has 2 aromatic carbocycles. The summed E-state index contributed by atoms with van der Waals surface area (Å²) in [6.45, 7) is 1.24. The molecule has 1 heterocycles. The van der Waals surface area contributed by atoms with Gasteiger partial charge in [0, 0.05) is 12.1 Å². The number of carbonyl (C=O) groups is 1. The highest BCUT2D eigenvalue weighted by molar-refractivity contribution is 5.94. The van der Waals surface area contributed by atoms with Crippen molar-refractivity contribution in [1.82, 2.24) is 20.1 Å². The maximum Gasteiger partial charge on any atom is 0.251 e. The van der Waals surface area contributed by atoms with Gasteiger partial charge < -0.3 is 10.1 Å².